The van der Waals surface area contributed by atoms with Crippen molar-refractivity contribution in [2.45, 2.75) is 103 Å². The average molecular weight is 339 g/mol. The van der Waals surface area contributed by atoms with Crippen molar-refractivity contribution >= 4 is 5.97 Å². The highest BCUT2D eigenvalue weighted by molar-refractivity contribution is 5.66. The van der Waals surface area contributed by atoms with Crippen molar-refractivity contribution in [3.63, 3.8) is 0 Å². The van der Waals surface area contributed by atoms with E-state index in [0.29, 0.717) is 12.5 Å². The molecule has 1 aliphatic heterocycles. The Morgan fingerprint density at radius 3 is 2.08 bits per heavy atom. The Morgan fingerprint density at radius 2 is 1.54 bits per heavy atom. The van der Waals surface area contributed by atoms with Crippen molar-refractivity contribution in [1.29, 1.82) is 0 Å². The first-order valence-electron chi connectivity index (χ1n) is 10.2. The second kappa shape index (κ2) is 14.5. The minimum Gasteiger partial charge on any atom is -0.481 e. The second-order valence-corrected chi connectivity index (χ2v) is 7.20. The van der Waals surface area contributed by atoms with Crippen molar-refractivity contribution in [2.24, 2.45) is 5.92 Å². The monoisotopic (exact) mass is 338 g/mol. The fraction of sp³-hybridized carbons (Fsp3) is 0.857. The molecule has 0 aromatic rings. The van der Waals surface area contributed by atoms with Gasteiger partial charge in [0, 0.05) is 12.3 Å². The summed E-state index contributed by atoms with van der Waals surface area (Å²) in [4.78, 5) is 10.4. The third kappa shape index (κ3) is 10.9. The quantitative estimate of drug-likeness (QED) is 0.272. The van der Waals surface area contributed by atoms with Gasteiger partial charge < -0.3 is 9.84 Å². The molecule has 0 amide bonds. The number of allylic oxidation sites excluding steroid dienone is 2. The number of ether oxygens (including phenoxy) is 1. The topological polar surface area (TPSA) is 46.5 Å². The van der Waals surface area contributed by atoms with Gasteiger partial charge in [-0.3, -0.25) is 4.79 Å². The van der Waals surface area contributed by atoms with Crippen LogP contribution in [-0.4, -0.2) is 23.8 Å². The van der Waals surface area contributed by atoms with Crippen LogP contribution in [0.4, 0.5) is 0 Å². The van der Waals surface area contributed by atoms with Gasteiger partial charge in [0.1, 0.15) is 0 Å². The molecular formula is C21H38O3. The maximum atomic E-state index is 10.4. The van der Waals surface area contributed by atoms with Crippen LogP contribution >= 0.6 is 0 Å². The van der Waals surface area contributed by atoms with Crippen molar-refractivity contribution in [3.8, 4) is 0 Å². The van der Waals surface area contributed by atoms with E-state index in [1.165, 1.54) is 70.6 Å². The first-order valence-corrected chi connectivity index (χ1v) is 10.2. The van der Waals surface area contributed by atoms with Gasteiger partial charge in [-0.1, -0.05) is 57.6 Å². The van der Waals surface area contributed by atoms with Crippen LogP contribution in [0.2, 0.25) is 0 Å². The first kappa shape index (κ1) is 21.2. The van der Waals surface area contributed by atoms with Crippen LogP contribution in [0.3, 0.4) is 0 Å². The van der Waals surface area contributed by atoms with E-state index in [1.807, 2.05) is 0 Å². The second-order valence-electron chi connectivity index (χ2n) is 7.20. The lowest BCUT2D eigenvalue weighted by Gasteiger charge is -2.36. The van der Waals surface area contributed by atoms with Gasteiger partial charge in [0.05, 0.1) is 12.7 Å². The molecule has 24 heavy (non-hydrogen) atoms. The van der Waals surface area contributed by atoms with Gasteiger partial charge in [-0.2, -0.15) is 0 Å². The molecule has 3 nitrogen and oxygen atoms in total. The minimum atomic E-state index is -0.663. The Labute approximate surface area is 148 Å². The number of rotatable bonds is 16. The average Bonchev–Trinajstić information content (AvgIpc) is 2.53. The van der Waals surface area contributed by atoms with Crippen LogP contribution in [0.1, 0.15) is 96.8 Å². The van der Waals surface area contributed by atoms with E-state index < -0.39 is 5.97 Å². The largest absolute Gasteiger partial charge is 0.481 e. The zero-order valence-corrected chi connectivity index (χ0v) is 15.7. The SMILES string of the molecule is CC[C@H]1OC[C@H]1CCCC/C=C\CCCCCCCCCC(=O)O. The zero-order valence-electron chi connectivity index (χ0n) is 15.7. The van der Waals surface area contributed by atoms with E-state index in [-0.39, 0.29) is 0 Å². The summed E-state index contributed by atoms with van der Waals surface area (Å²) in [6.07, 6.45) is 21.5. The van der Waals surface area contributed by atoms with E-state index in [1.54, 1.807) is 0 Å². The van der Waals surface area contributed by atoms with Crippen LogP contribution in [0.5, 0.6) is 0 Å². The highest BCUT2D eigenvalue weighted by Gasteiger charge is 2.29. The summed E-state index contributed by atoms with van der Waals surface area (Å²) in [5.74, 6) is 0.173. The molecule has 140 valence electrons. The summed E-state index contributed by atoms with van der Waals surface area (Å²) in [5.41, 5.74) is 0. The Hall–Kier alpha value is -0.830. The van der Waals surface area contributed by atoms with Crippen molar-refractivity contribution in [2.75, 3.05) is 6.61 Å². The Balaban J connectivity index is 1.75. The molecule has 0 aliphatic carbocycles. The van der Waals surface area contributed by atoms with Crippen LogP contribution in [-0.2, 0) is 9.53 Å². The predicted octanol–water partition coefficient (Wildman–Crippen LogP) is 6.12. The number of aliphatic carboxylic acids is 1. The Kier molecular flexibility index (Phi) is 12.8. The van der Waals surface area contributed by atoms with E-state index in [0.717, 1.165) is 25.4 Å². The Bertz CT molecular complexity index is 336. The molecule has 1 aliphatic rings. The lowest BCUT2D eigenvalue weighted by atomic mass is 9.90. The summed E-state index contributed by atoms with van der Waals surface area (Å²) < 4.78 is 5.53. The van der Waals surface area contributed by atoms with Crippen LogP contribution in [0, 0.1) is 5.92 Å². The maximum absolute atomic E-state index is 10.4. The molecule has 1 saturated heterocycles. The molecule has 0 aromatic heterocycles. The molecule has 3 heteroatoms. The Morgan fingerprint density at radius 1 is 0.958 bits per heavy atom. The molecule has 1 rings (SSSR count). The normalized spacial score (nSPS) is 20.4. The lowest BCUT2D eigenvalue weighted by molar-refractivity contribution is -0.137. The molecule has 0 radical (unpaired) electrons. The zero-order chi connectivity index (χ0) is 17.5. The van der Waals surface area contributed by atoms with Crippen LogP contribution in [0.15, 0.2) is 12.2 Å². The molecule has 1 heterocycles. The van der Waals surface area contributed by atoms with Gasteiger partial charge in [0.15, 0.2) is 0 Å². The number of hydrogen-bond donors (Lipinski definition) is 1. The summed E-state index contributed by atoms with van der Waals surface area (Å²) in [5, 5.41) is 8.55. The molecule has 1 N–H and O–H groups in total. The highest BCUT2D eigenvalue weighted by atomic mass is 16.5. The van der Waals surface area contributed by atoms with E-state index >= 15 is 0 Å². The molecule has 1 fully saturated rings. The first-order chi connectivity index (χ1) is 11.7. The smallest absolute Gasteiger partial charge is 0.303 e. The molecule has 0 unspecified atom stereocenters. The number of carboxylic acids is 1. The fourth-order valence-corrected chi connectivity index (χ4v) is 3.42. The van der Waals surface area contributed by atoms with E-state index in [2.05, 4.69) is 19.1 Å². The number of carbonyl (C=O) groups is 1. The van der Waals surface area contributed by atoms with Gasteiger partial charge in [-0.25, -0.2) is 0 Å². The minimum absolute atomic E-state index is 0.332. The van der Waals surface area contributed by atoms with E-state index in [9.17, 15) is 4.79 Å². The fourth-order valence-electron chi connectivity index (χ4n) is 3.42. The molecule has 0 saturated carbocycles. The van der Waals surface area contributed by atoms with Crippen LogP contribution < -0.4 is 0 Å². The summed E-state index contributed by atoms with van der Waals surface area (Å²) in [6, 6.07) is 0. The molecule has 0 aromatic carbocycles. The van der Waals surface area contributed by atoms with E-state index in [4.69, 9.17) is 9.84 Å². The highest BCUT2D eigenvalue weighted by Crippen LogP contribution is 2.28. The molecular weight excluding hydrogens is 300 g/mol. The molecule has 0 spiro atoms. The van der Waals surface area contributed by atoms with Crippen molar-refractivity contribution in [1.82, 2.24) is 0 Å². The van der Waals surface area contributed by atoms with Gasteiger partial charge >= 0.3 is 5.97 Å². The van der Waals surface area contributed by atoms with Gasteiger partial charge in [-0.05, 0) is 44.9 Å². The van der Waals surface area contributed by atoms with Gasteiger partial charge in [0.2, 0.25) is 0 Å². The molecule has 2 atom stereocenters. The predicted molar refractivity (Wildman–Crippen MR) is 100 cm³/mol. The number of carboxylic acid groups (broad SMARTS) is 1. The van der Waals surface area contributed by atoms with Gasteiger partial charge in [0.25, 0.3) is 0 Å². The lowest BCUT2D eigenvalue weighted by Crippen LogP contribution is -2.38. The molecule has 0 bridgehead atoms. The van der Waals surface area contributed by atoms with Crippen molar-refractivity contribution < 1.29 is 14.6 Å². The third-order valence-electron chi connectivity index (χ3n) is 5.08. The summed E-state index contributed by atoms with van der Waals surface area (Å²) in [7, 11) is 0. The number of unbranched alkanes of at least 4 members (excludes halogenated alkanes) is 9. The van der Waals surface area contributed by atoms with Gasteiger partial charge in [-0.15, -0.1) is 0 Å². The third-order valence-corrected chi connectivity index (χ3v) is 5.08. The number of hydrogen-bond acceptors (Lipinski definition) is 2. The van der Waals surface area contributed by atoms with Crippen LogP contribution in [0.25, 0.3) is 0 Å². The summed E-state index contributed by atoms with van der Waals surface area (Å²) >= 11 is 0. The summed E-state index contributed by atoms with van der Waals surface area (Å²) in [6.45, 7) is 3.22. The maximum Gasteiger partial charge on any atom is 0.303 e. The van der Waals surface area contributed by atoms with Crippen molar-refractivity contribution in [3.05, 3.63) is 12.2 Å². The standard InChI is InChI=1S/C21H38O3/c1-2-20-19(18-24-20)16-14-12-10-8-6-4-3-5-7-9-11-13-15-17-21(22)23/h6,8,19-20H,2-5,7,9-18H2,1H3,(H,22,23)/b8-6-/t19-,20-/m1/s1.